The van der Waals surface area contributed by atoms with Gasteiger partial charge in [0, 0.05) is 45.2 Å². The van der Waals surface area contributed by atoms with Crippen LogP contribution in [0.4, 0.5) is 0 Å². The van der Waals surface area contributed by atoms with E-state index in [2.05, 4.69) is 22.0 Å². The molecule has 0 aromatic carbocycles. The number of carbonyl (C=O) groups is 2. The van der Waals surface area contributed by atoms with Crippen LogP contribution >= 0.6 is 24.8 Å². The lowest BCUT2D eigenvalue weighted by molar-refractivity contribution is -0.137. The minimum absolute atomic E-state index is 0. The van der Waals surface area contributed by atoms with E-state index in [0.717, 1.165) is 65.1 Å². The molecule has 0 saturated carbocycles. The van der Waals surface area contributed by atoms with Crippen LogP contribution in [0.2, 0.25) is 0 Å². The Morgan fingerprint density at radius 1 is 0.893 bits per heavy atom. The first kappa shape index (κ1) is 25.5. The molecule has 3 fully saturated rings. The molecule has 0 radical (unpaired) electrons. The maximum absolute atomic E-state index is 12.6. The number of nitrogens with zero attached hydrogens (tertiary/aromatic N) is 3. The van der Waals surface area contributed by atoms with E-state index >= 15 is 0 Å². The van der Waals surface area contributed by atoms with E-state index in [1.165, 1.54) is 19.3 Å². The second kappa shape index (κ2) is 12.9. The Morgan fingerprint density at radius 3 is 2.21 bits per heavy atom. The van der Waals surface area contributed by atoms with Crippen molar-refractivity contribution in [1.82, 2.24) is 20.0 Å². The predicted molar refractivity (Wildman–Crippen MR) is 117 cm³/mol. The van der Waals surface area contributed by atoms with Crippen molar-refractivity contribution in [2.45, 2.75) is 57.9 Å². The number of amides is 2. The molecule has 1 unspecified atom stereocenters. The minimum atomic E-state index is 0. The molecule has 3 aliphatic rings. The third kappa shape index (κ3) is 7.36. The zero-order valence-electron chi connectivity index (χ0n) is 17.2. The molecule has 3 aliphatic heterocycles. The van der Waals surface area contributed by atoms with Crippen molar-refractivity contribution in [1.29, 1.82) is 0 Å². The number of hydrogen-bond donors (Lipinski definition) is 1. The Balaban J connectivity index is 0.00000196. The normalized spacial score (nSPS) is 24.2. The highest BCUT2D eigenvalue weighted by molar-refractivity contribution is 5.85. The maximum atomic E-state index is 12.6. The van der Waals surface area contributed by atoms with Gasteiger partial charge in [0.15, 0.2) is 0 Å². The van der Waals surface area contributed by atoms with E-state index in [9.17, 15) is 9.59 Å². The van der Waals surface area contributed by atoms with Gasteiger partial charge >= 0.3 is 0 Å². The Bertz CT molecular complexity index is 481. The minimum Gasteiger partial charge on any atom is -0.340 e. The van der Waals surface area contributed by atoms with E-state index in [1.54, 1.807) is 0 Å². The van der Waals surface area contributed by atoms with E-state index in [0.29, 0.717) is 30.8 Å². The maximum Gasteiger partial charge on any atom is 0.236 e. The lowest BCUT2D eigenvalue weighted by Crippen LogP contribution is -2.53. The Kier molecular flexibility index (Phi) is 11.7. The summed E-state index contributed by atoms with van der Waals surface area (Å²) < 4.78 is 0. The van der Waals surface area contributed by atoms with Gasteiger partial charge in [-0.05, 0) is 64.5 Å². The van der Waals surface area contributed by atoms with E-state index in [-0.39, 0.29) is 30.7 Å². The zero-order chi connectivity index (χ0) is 18.4. The quantitative estimate of drug-likeness (QED) is 0.716. The average molecular weight is 437 g/mol. The molecule has 3 heterocycles. The third-order valence-corrected chi connectivity index (χ3v) is 6.43. The summed E-state index contributed by atoms with van der Waals surface area (Å²) in [4.78, 5) is 31.3. The Hall–Kier alpha value is -0.560. The molecule has 8 heteroatoms. The lowest BCUT2D eigenvalue weighted by Gasteiger charge is -2.38. The summed E-state index contributed by atoms with van der Waals surface area (Å²) in [6, 6.07) is 0.383. The molecule has 0 spiro atoms. The highest BCUT2D eigenvalue weighted by Crippen LogP contribution is 2.19. The number of piperidine rings is 2. The van der Waals surface area contributed by atoms with E-state index in [4.69, 9.17) is 0 Å². The van der Waals surface area contributed by atoms with Gasteiger partial charge in [0.1, 0.15) is 0 Å². The third-order valence-electron chi connectivity index (χ3n) is 6.43. The fourth-order valence-corrected chi connectivity index (χ4v) is 4.56. The van der Waals surface area contributed by atoms with Gasteiger partial charge in [-0.15, -0.1) is 24.8 Å². The standard InChI is InChI=1S/C20H36N4O2.2ClH/c1-17-4-2-3-11-24(17)20(26)16-22-12-14-23(15-13-22)19(25)6-5-18-7-9-21-10-8-18;;/h17-18,21H,2-16H2,1H3;2*1H. The highest BCUT2D eigenvalue weighted by Gasteiger charge is 2.27. The van der Waals surface area contributed by atoms with Crippen LogP contribution in [-0.4, -0.2) is 84.9 Å². The van der Waals surface area contributed by atoms with Crippen molar-refractivity contribution < 1.29 is 9.59 Å². The fraction of sp³-hybridized carbons (Fsp3) is 0.900. The highest BCUT2D eigenvalue weighted by atomic mass is 35.5. The predicted octanol–water partition coefficient (Wildman–Crippen LogP) is 2.16. The van der Waals surface area contributed by atoms with Crippen molar-refractivity contribution >= 4 is 36.6 Å². The number of hydrogen-bond acceptors (Lipinski definition) is 4. The molecule has 0 aromatic rings. The summed E-state index contributed by atoms with van der Waals surface area (Å²) in [6.07, 6.45) is 7.64. The summed E-state index contributed by atoms with van der Waals surface area (Å²) in [7, 11) is 0. The summed E-state index contributed by atoms with van der Waals surface area (Å²) in [5.74, 6) is 1.28. The summed E-state index contributed by atoms with van der Waals surface area (Å²) in [5, 5.41) is 3.38. The van der Waals surface area contributed by atoms with Gasteiger partial charge in [0.25, 0.3) is 0 Å². The molecule has 1 N–H and O–H groups in total. The summed E-state index contributed by atoms with van der Waals surface area (Å²) in [6.45, 7) is 8.98. The van der Waals surface area contributed by atoms with Gasteiger partial charge in [0.05, 0.1) is 6.54 Å². The number of piperazine rings is 1. The van der Waals surface area contributed by atoms with Gasteiger partial charge < -0.3 is 15.1 Å². The van der Waals surface area contributed by atoms with Crippen LogP contribution in [0.3, 0.4) is 0 Å². The van der Waals surface area contributed by atoms with Gasteiger partial charge in [-0.3, -0.25) is 14.5 Å². The number of carbonyl (C=O) groups excluding carboxylic acids is 2. The van der Waals surface area contributed by atoms with E-state index in [1.807, 2.05) is 4.90 Å². The molecule has 0 aromatic heterocycles. The second-order valence-corrected chi connectivity index (χ2v) is 8.32. The molecule has 28 heavy (non-hydrogen) atoms. The SMILES string of the molecule is CC1CCCCN1C(=O)CN1CCN(C(=O)CCC2CCNCC2)CC1.Cl.Cl. The number of nitrogens with one attached hydrogen (secondary N) is 1. The molecule has 0 aliphatic carbocycles. The fourth-order valence-electron chi connectivity index (χ4n) is 4.56. The van der Waals surface area contributed by atoms with Gasteiger partial charge in [-0.25, -0.2) is 0 Å². The summed E-state index contributed by atoms with van der Waals surface area (Å²) in [5.41, 5.74) is 0. The van der Waals surface area contributed by atoms with Gasteiger partial charge in [0.2, 0.25) is 11.8 Å². The van der Waals surface area contributed by atoms with Crippen molar-refractivity contribution in [3.05, 3.63) is 0 Å². The van der Waals surface area contributed by atoms with Crippen LogP contribution in [0, 0.1) is 5.92 Å². The van der Waals surface area contributed by atoms with Crippen LogP contribution in [0.15, 0.2) is 0 Å². The van der Waals surface area contributed by atoms with Crippen LogP contribution in [0.5, 0.6) is 0 Å². The topological polar surface area (TPSA) is 55.9 Å². The largest absolute Gasteiger partial charge is 0.340 e. The zero-order valence-corrected chi connectivity index (χ0v) is 18.9. The molecule has 164 valence electrons. The molecule has 1 atom stereocenters. The van der Waals surface area contributed by atoms with Crippen molar-refractivity contribution in [3.63, 3.8) is 0 Å². The Labute approximate surface area is 182 Å². The van der Waals surface area contributed by atoms with Crippen LogP contribution in [-0.2, 0) is 9.59 Å². The monoisotopic (exact) mass is 436 g/mol. The first-order valence-electron chi connectivity index (χ1n) is 10.6. The molecule has 0 bridgehead atoms. The second-order valence-electron chi connectivity index (χ2n) is 8.32. The van der Waals surface area contributed by atoms with E-state index < -0.39 is 0 Å². The van der Waals surface area contributed by atoms with Crippen LogP contribution in [0.1, 0.15) is 51.9 Å². The molecular formula is C20H38Cl2N4O2. The number of rotatable bonds is 5. The number of likely N-dealkylation sites (tertiary alicyclic amines) is 1. The van der Waals surface area contributed by atoms with Gasteiger partial charge in [-0.1, -0.05) is 0 Å². The molecule has 6 nitrogen and oxygen atoms in total. The molecule has 3 rings (SSSR count). The molecule has 2 amide bonds. The average Bonchev–Trinajstić information content (AvgIpc) is 2.68. The first-order valence-corrected chi connectivity index (χ1v) is 10.6. The Morgan fingerprint density at radius 2 is 1.57 bits per heavy atom. The first-order chi connectivity index (χ1) is 12.6. The smallest absolute Gasteiger partial charge is 0.236 e. The molecule has 3 saturated heterocycles. The summed E-state index contributed by atoms with van der Waals surface area (Å²) >= 11 is 0. The van der Waals surface area contributed by atoms with Crippen molar-refractivity contribution in [2.75, 3.05) is 52.4 Å². The van der Waals surface area contributed by atoms with Gasteiger partial charge in [-0.2, -0.15) is 0 Å². The number of halogens is 2. The van der Waals surface area contributed by atoms with Crippen molar-refractivity contribution in [3.8, 4) is 0 Å². The lowest BCUT2D eigenvalue weighted by atomic mass is 9.93. The molecular weight excluding hydrogens is 399 g/mol. The van der Waals surface area contributed by atoms with Crippen LogP contribution < -0.4 is 5.32 Å². The van der Waals surface area contributed by atoms with Crippen LogP contribution in [0.25, 0.3) is 0 Å². The van der Waals surface area contributed by atoms with Crippen molar-refractivity contribution in [2.24, 2.45) is 5.92 Å².